The van der Waals surface area contributed by atoms with Crippen LogP contribution in [-0.4, -0.2) is 10.4 Å². The van der Waals surface area contributed by atoms with Gasteiger partial charge in [0.25, 0.3) is 5.56 Å². The van der Waals surface area contributed by atoms with Crippen LogP contribution in [0.5, 0.6) is 0 Å². The molecule has 0 bridgehead atoms. The van der Waals surface area contributed by atoms with Crippen LogP contribution in [0.4, 0.5) is 0 Å². The van der Waals surface area contributed by atoms with Crippen molar-refractivity contribution < 1.29 is 4.79 Å². The molecule has 2 aromatic heterocycles. The lowest BCUT2D eigenvalue weighted by Crippen LogP contribution is -2.22. The first-order valence-corrected chi connectivity index (χ1v) is 7.16. The summed E-state index contributed by atoms with van der Waals surface area (Å²) in [5.41, 5.74) is -0.186. The van der Waals surface area contributed by atoms with Crippen LogP contribution >= 0.6 is 43.2 Å². The number of thiophene rings is 1. The molecule has 0 radical (unpaired) electrons. The van der Waals surface area contributed by atoms with E-state index in [4.69, 9.17) is 0 Å². The van der Waals surface area contributed by atoms with E-state index in [2.05, 4.69) is 31.9 Å². The van der Waals surface area contributed by atoms with E-state index in [9.17, 15) is 9.59 Å². The number of hydrogen-bond donors (Lipinski definition) is 0. The van der Waals surface area contributed by atoms with Crippen LogP contribution in [0.2, 0.25) is 0 Å². The van der Waals surface area contributed by atoms with Gasteiger partial charge in [-0.3, -0.25) is 9.59 Å². The molecule has 0 spiro atoms. The van der Waals surface area contributed by atoms with Gasteiger partial charge in [-0.1, -0.05) is 0 Å². The summed E-state index contributed by atoms with van der Waals surface area (Å²) in [5.74, 6) is -0.0768. The van der Waals surface area contributed by atoms with Crippen molar-refractivity contribution in [1.82, 2.24) is 4.57 Å². The van der Waals surface area contributed by atoms with Crippen LogP contribution in [0.1, 0.15) is 9.67 Å². The van der Waals surface area contributed by atoms with Crippen LogP contribution in [0.25, 0.3) is 0 Å². The molecular formula is C11H7Br2NO2S. The number of rotatable bonds is 3. The Hall–Kier alpha value is -0.720. The van der Waals surface area contributed by atoms with Gasteiger partial charge >= 0.3 is 0 Å². The topological polar surface area (TPSA) is 39.1 Å². The summed E-state index contributed by atoms with van der Waals surface area (Å²) in [4.78, 5) is 24.1. The smallest absolute Gasteiger partial charge is 0.251 e. The molecule has 0 atom stereocenters. The summed E-state index contributed by atoms with van der Waals surface area (Å²) in [6.45, 7) is 0.0530. The second kappa shape index (κ2) is 5.29. The third-order valence-electron chi connectivity index (χ3n) is 2.13. The number of hydrogen-bond acceptors (Lipinski definition) is 3. The van der Waals surface area contributed by atoms with Crippen molar-refractivity contribution in [2.24, 2.45) is 0 Å². The van der Waals surface area contributed by atoms with E-state index in [1.807, 2.05) is 11.4 Å². The van der Waals surface area contributed by atoms with Crippen LogP contribution in [0.3, 0.4) is 0 Å². The first-order valence-electron chi connectivity index (χ1n) is 4.70. The van der Waals surface area contributed by atoms with E-state index in [0.29, 0.717) is 4.88 Å². The first kappa shape index (κ1) is 12.7. The van der Waals surface area contributed by atoms with Gasteiger partial charge in [-0.2, -0.15) is 0 Å². The van der Waals surface area contributed by atoms with Gasteiger partial charge in [0.15, 0.2) is 5.78 Å². The highest BCUT2D eigenvalue weighted by Crippen LogP contribution is 2.23. The number of halogens is 2. The van der Waals surface area contributed by atoms with E-state index >= 15 is 0 Å². The number of aromatic nitrogens is 1. The fourth-order valence-corrected chi connectivity index (χ4v) is 3.25. The molecule has 0 N–H and O–H groups in total. The van der Waals surface area contributed by atoms with Crippen LogP contribution in [0.15, 0.2) is 43.5 Å². The van der Waals surface area contributed by atoms with Crippen LogP contribution < -0.4 is 5.56 Å². The van der Waals surface area contributed by atoms with Crippen molar-refractivity contribution in [2.75, 3.05) is 0 Å². The Morgan fingerprint density at radius 2 is 2.06 bits per heavy atom. The van der Waals surface area contributed by atoms with E-state index in [0.717, 1.165) is 8.95 Å². The fourth-order valence-electron chi connectivity index (χ4n) is 1.34. The van der Waals surface area contributed by atoms with Crippen molar-refractivity contribution in [2.45, 2.75) is 6.54 Å². The predicted molar refractivity (Wildman–Crippen MR) is 74.8 cm³/mol. The molecular weight excluding hydrogens is 370 g/mol. The van der Waals surface area contributed by atoms with Gasteiger partial charge in [0, 0.05) is 21.2 Å². The molecule has 17 heavy (non-hydrogen) atoms. The summed E-state index contributed by atoms with van der Waals surface area (Å²) in [6.07, 6.45) is 1.61. The lowest BCUT2D eigenvalue weighted by atomic mass is 10.3. The third-order valence-corrected chi connectivity index (χ3v) is 4.48. The van der Waals surface area contributed by atoms with Gasteiger partial charge in [0.05, 0.1) is 11.4 Å². The SMILES string of the molecule is O=C(Cn1cc(Br)ccc1=O)c1sccc1Br. The van der Waals surface area contributed by atoms with E-state index in [1.54, 1.807) is 12.3 Å². The Morgan fingerprint density at radius 1 is 1.29 bits per heavy atom. The Kier molecular flexibility index (Phi) is 3.96. The van der Waals surface area contributed by atoms with Crippen molar-refractivity contribution in [3.05, 3.63) is 54.0 Å². The zero-order valence-electron chi connectivity index (χ0n) is 8.52. The van der Waals surface area contributed by atoms with Crippen molar-refractivity contribution in [3.8, 4) is 0 Å². The van der Waals surface area contributed by atoms with Gasteiger partial charge < -0.3 is 4.57 Å². The van der Waals surface area contributed by atoms with Gasteiger partial charge in [0.2, 0.25) is 0 Å². The minimum atomic E-state index is -0.186. The van der Waals surface area contributed by atoms with Crippen LogP contribution in [-0.2, 0) is 6.54 Å². The molecule has 6 heteroatoms. The maximum atomic E-state index is 12.0. The highest BCUT2D eigenvalue weighted by Gasteiger charge is 2.12. The molecule has 0 unspecified atom stereocenters. The standard InChI is InChI=1S/C11H7Br2NO2S/c12-7-1-2-10(16)14(5-7)6-9(15)11-8(13)3-4-17-11/h1-5H,6H2. The quantitative estimate of drug-likeness (QED) is 0.771. The number of pyridine rings is 1. The summed E-state index contributed by atoms with van der Waals surface area (Å²) in [5, 5.41) is 1.83. The molecule has 0 amide bonds. The molecule has 2 aromatic rings. The van der Waals surface area contributed by atoms with Crippen molar-refractivity contribution >= 4 is 49.0 Å². The zero-order valence-corrected chi connectivity index (χ0v) is 12.5. The minimum absolute atomic E-state index is 0.0530. The number of nitrogens with zero attached hydrogens (tertiary/aromatic N) is 1. The average molecular weight is 377 g/mol. The lowest BCUT2D eigenvalue weighted by Gasteiger charge is -2.04. The second-order valence-electron chi connectivity index (χ2n) is 3.33. The Balaban J connectivity index is 2.28. The number of carbonyl (C=O) groups is 1. The van der Waals surface area contributed by atoms with Gasteiger partial charge in [0.1, 0.15) is 0 Å². The molecule has 0 saturated heterocycles. The number of Topliss-reactive ketones (excluding diaryl/α,β-unsaturated/α-hetero) is 1. The molecule has 0 aliphatic rings. The van der Waals surface area contributed by atoms with E-state index in [1.165, 1.54) is 22.0 Å². The van der Waals surface area contributed by atoms with Crippen LogP contribution in [0, 0.1) is 0 Å². The highest BCUT2D eigenvalue weighted by molar-refractivity contribution is 9.10. The Labute approximate surface area is 118 Å². The normalized spacial score (nSPS) is 10.5. The first-order chi connectivity index (χ1) is 8.08. The number of ketones is 1. The average Bonchev–Trinajstić information content (AvgIpc) is 2.70. The molecule has 0 aromatic carbocycles. The molecule has 3 nitrogen and oxygen atoms in total. The Morgan fingerprint density at radius 3 is 2.71 bits per heavy atom. The molecule has 2 heterocycles. The van der Waals surface area contributed by atoms with Gasteiger partial charge in [-0.05, 0) is 49.4 Å². The zero-order chi connectivity index (χ0) is 12.4. The van der Waals surface area contributed by atoms with Gasteiger partial charge in [-0.15, -0.1) is 11.3 Å². The fraction of sp³-hybridized carbons (Fsp3) is 0.0909. The van der Waals surface area contributed by atoms with E-state index < -0.39 is 0 Å². The predicted octanol–water partition coefficient (Wildman–Crippen LogP) is 3.32. The maximum absolute atomic E-state index is 12.0. The number of carbonyl (C=O) groups excluding carboxylic acids is 1. The summed E-state index contributed by atoms with van der Waals surface area (Å²) >= 11 is 7.94. The molecule has 0 fully saturated rings. The Bertz CT molecular complexity index is 618. The van der Waals surface area contributed by atoms with Crippen molar-refractivity contribution in [3.63, 3.8) is 0 Å². The highest BCUT2D eigenvalue weighted by atomic mass is 79.9. The lowest BCUT2D eigenvalue weighted by molar-refractivity contribution is 0.0974. The van der Waals surface area contributed by atoms with E-state index in [-0.39, 0.29) is 17.9 Å². The molecule has 0 aliphatic carbocycles. The molecule has 0 saturated carbocycles. The summed E-state index contributed by atoms with van der Waals surface area (Å²) < 4.78 is 2.93. The second-order valence-corrected chi connectivity index (χ2v) is 6.02. The monoisotopic (exact) mass is 375 g/mol. The van der Waals surface area contributed by atoms with Gasteiger partial charge in [-0.25, -0.2) is 0 Å². The summed E-state index contributed by atoms with van der Waals surface area (Å²) in [7, 11) is 0. The minimum Gasteiger partial charge on any atom is -0.307 e. The maximum Gasteiger partial charge on any atom is 0.251 e. The molecule has 0 aliphatic heterocycles. The third kappa shape index (κ3) is 2.94. The summed E-state index contributed by atoms with van der Waals surface area (Å²) in [6, 6.07) is 4.91. The molecule has 88 valence electrons. The largest absolute Gasteiger partial charge is 0.307 e. The molecule has 2 rings (SSSR count). The van der Waals surface area contributed by atoms with Crippen molar-refractivity contribution in [1.29, 1.82) is 0 Å².